The molecule has 0 bridgehead atoms. The van der Waals surface area contributed by atoms with E-state index >= 15 is 0 Å². The smallest absolute Gasteiger partial charge is 0.243 e. The number of hydrogen-bond acceptors (Lipinski definition) is 6. The maximum Gasteiger partial charge on any atom is 0.243 e. The Balaban J connectivity index is 2.36. The first-order valence-electron chi connectivity index (χ1n) is 16.2. The molecule has 0 fully saturated rings. The second-order valence-corrected chi connectivity index (χ2v) is 12.8. The average Bonchev–Trinajstić information content (AvgIpc) is 3.00. The van der Waals surface area contributed by atoms with Crippen LogP contribution < -0.4 is 32.7 Å². The Kier molecular flexibility index (Phi) is 16.0. The standard InChI is InChI=1S/C35H51FN6O5/c1-6-10-27(33(45)40-28(31(38)43)18-22(4)5)39-34(46)30(20-24-13-15-25(36)16-14-24)42-35(47)29(19-23-11-8-7-9-12-23)41-32(44)26(37)17-21(2)3/h7-9,11-16,21-22,26-30H,6,10,17-20,37H2,1-5H3,(H2,38,43)(H,39,46)(H,40,45)(H,41,44)(H,42,47)/t26-,27-,28-,29-,30-/m0/s1. The van der Waals surface area contributed by atoms with Gasteiger partial charge in [-0.25, -0.2) is 4.39 Å². The van der Waals surface area contributed by atoms with Crippen molar-refractivity contribution in [3.05, 3.63) is 71.5 Å². The predicted molar refractivity (Wildman–Crippen MR) is 179 cm³/mol. The summed E-state index contributed by atoms with van der Waals surface area (Å²) < 4.78 is 13.7. The zero-order chi connectivity index (χ0) is 35.1. The van der Waals surface area contributed by atoms with Crippen LogP contribution in [0, 0.1) is 17.7 Å². The minimum absolute atomic E-state index is 0.0333. The highest BCUT2D eigenvalue weighted by Gasteiger charge is 2.32. The lowest BCUT2D eigenvalue weighted by Crippen LogP contribution is -2.59. The Morgan fingerprint density at radius 2 is 1.09 bits per heavy atom. The Hall–Kier alpha value is -4.32. The van der Waals surface area contributed by atoms with E-state index in [1.54, 1.807) is 0 Å². The molecule has 0 aliphatic rings. The van der Waals surface area contributed by atoms with Gasteiger partial charge in [0.25, 0.3) is 0 Å². The van der Waals surface area contributed by atoms with Crippen LogP contribution in [-0.2, 0) is 36.8 Å². The average molecular weight is 655 g/mol. The van der Waals surface area contributed by atoms with Crippen LogP contribution in [-0.4, -0.2) is 59.7 Å². The number of nitrogens with one attached hydrogen (secondary N) is 4. The van der Waals surface area contributed by atoms with E-state index in [2.05, 4.69) is 21.3 Å². The van der Waals surface area contributed by atoms with E-state index in [1.165, 1.54) is 24.3 Å². The molecule has 0 aliphatic carbocycles. The fourth-order valence-electron chi connectivity index (χ4n) is 5.11. The molecule has 0 aliphatic heterocycles. The number of benzene rings is 2. The van der Waals surface area contributed by atoms with E-state index in [0.717, 1.165) is 5.56 Å². The number of amides is 5. The third-order valence-corrected chi connectivity index (χ3v) is 7.54. The highest BCUT2D eigenvalue weighted by molar-refractivity contribution is 5.96. The van der Waals surface area contributed by atoms with Gasteiger partial charge in [-0.2, -0.15) is 0 Å². The van der Waals surface area contributed by atoms with Gasteiger partial charge >= 0.3 is 0 Å². The van der Waals surface area contributed by atoms with Gasteiger partial charge in [-0.1, -0.05) is 83.5 Å². The highest BCUT2D eigenvalue weighted by Crippen LogP contribution is 2.11. The third kappa shape index (κ3) is 13.9. The first-order valence-corrected chi connectivity index (χ1v) is 16.2. The lowest BCUT2D eigenvalue weighted by atomic mass is 10.00. The molecule has 12 heteroatoms. The zero-order valence-corrected chi connectivity index (χ0v) is 28.1. The van der Waals surface area contributed by atoms with Crippen molar-refractivity contribution < 1.29 is 28.4 Å². The van der Waals surface area contributed by atoms with Gasteiger partial charge in [0.05, 0.1) is 6.04 Å². The number of halogens is 1. The van der Waals surface area contributed by atoms with Crippen LogP contribution in [0.1, 0.15) is 71.4 Å². The molecule has 5 atom stereocenters. The van der Waals surface area contributed by atoms with Crippen molar-refractivity contribution in [2.45, 2.75) is 103 Å². The Labute approximate surface area is 277 Å². The molecule has 2 aromatic rings. The molecular weight excluding hydrogens is 603 g/mol. The van der Waals surface area contributed by atoms with Crippen molar-refractivity contribution in [3.8, 4) is 0 Å². The van der Waals surface area contributed by atoms with Crippen LogP contribution in [0.5, 0.6) is 0 Å². The van der Waals surface area contributed by atoms with Crippen molar-refractivity contribution in [2.75, 3.05) is 0 Å². The topological polar surface area (TPSA) is 186 Å². The van der Waals surface area contributed by atoms with Gasteiger partial charge in [-0.3, -0.25) is 24.0 Å². The van der Waals surface area contributed by atoms with E-state index < -0.39 is 65.6 Å². The molecule has 0 radical (unpaired) electrons. The minimum atomic E-state index is -1.21. The van der Waals surface area contributed by atoms with Crippen molar-refractivity contribution >= 4 is 29.5 Å². The summed E-state index contributed by atoms with van der Waals surface area (Å²) >= 11 is 0. The van der Waals surface area contributed by atoms with Crippen LogP contribution in [0.2, 0.25) is 0 Å². The summed E-state index contributed by atoms with van der Waals surface area (Å²) in [6, 6.07) is 9.49. The Bertz CT molecular complexity index is 1320. The minimum Gasteiger partial charge on any atom is -0.368 e. The van der Waals surface area contributed by atoms with Gasteiger partial charge in [-0.15, -0.1) is 0 Å². The van der Waals surface area contributed by atoms with Crippen molar-refractivity contribution in [1.82, 2.24) is 21.3 Å². The summed E-state index contributed by atoms with van der Waals surface area (Å²) in [6.45, 7) is 9.49. The van der Waals surface area contributed by atoms with Crippen LogP contribution in [0.4, 0.5) is 4.39 Å². The molecule has 0 heterocycles. The monoisotopic (exact) mass is 654 g/mol. The number of primary amides is 1. The third-order valence-electron chi connectivity index (χ3n) is 7.54. The van der Waals surface area contributed by atoms with E-state index in [1.807, 2.05) is 65.0 Å². The van der Waals surface area contributed by atoms with Gasteiger partial charge < -0.3 is 32.7 Å². The van der Waals surface area contributed by atoms with Crippen LogP contribution in [0.15, 0.2) is 54.6 Å². The van der Waals surface area contributed by atoms with Crippen LogP contribution in [0.25, 0.3) is 0 Å². The fraction of sp³-hybridized carbons (Fsp3) is 0.514. The zero-order valence-electron chi connectivity index (χ0n) is 28.1. The van der Waals surface area contributed by atoms with Gasteiger partial charge in [0.2, 0.25) is 29.5 Å². The van der Waals surface area contributed by atoms with E-state index in [4.69, 9.17) is 11.5 Å². The Morgan fingerprint density at radius 3 is 1.57 bits per heavy atom. The summed E-state index contributed by atoms with van der Waals surface area (Å²) in [4.78, 5) is 65.9. The van der Waals surface area contributed by atoms with Crippen LogP contribution >= 0.6 is 0 Å². The maximum absolute atomic E-state index is 13.8. The van der Waals surface area contributed by atoms with Gasteiger partial charge in [0.1, 0.15) is 30.0 Å². The lowest BCUT2D eigenvalue weighted by molar-refractivity contribution is -0.134. The van der Waals surface area contributed by atoms with Crippen molar-refractivity contribution in [1.29, 1.82) is 0 Å². The first-order chi connectivity index (χ1) is 22.2. The largest absolute Gasteiger partial charge is 0.368 e. The number of carbonyl (C=O) groups excluding carboxylic acids is 5. The molecule has 11 nitrogen and oxygen atoms in total. The summed E-state index contributed by atoms with van der Waals surface area (Å²) in [5, 5.41) is 10.9. The summed E-state index contributed by atoms with van der Waals surface area (Å²) in [5.41, 5.74) is 13.0. The van der Waals surface area contributed by atoms with Gasteiger partial charge in [0, 0.05) is 12.8 Å². The normalized spacial score (nSPS) is 14.4. The molecule has 0 saturated heterocycles. The van der Waals surface area contributed by atoms with Crippen molar-refractivity contribution in [3.63, 3.8) is 0 Å². The molecule has 258 valence electrons. The number of carbonyl (C=O) groups is 5. The van der Waals surface area contributed by atoms with Crippen molar-refractivity contribution in [2.24, 2.45) is 23.3 Å². The molecule has 8 N–H and O–H groups in total. The Morgan fingerprint density at radius 1 is 0.638 bits per heavy atom. The molecule has 2 aromatic carbocycles. The number of hydrogen-bond donors (Lipinski definition) is 6. The molecule has 0 aromatic heterocycles. The summed E-state index contributed by atoms with van der Waals surface area (Å²) in [7, 11) is 0. The second kappa shape index (κ2) is 19.4. The molecule has 47 heavy (non-hydrogen) atoms. The predicted octanol–water partition coefficient (Wildman–Crippen LogP) is 2.26. The molecule has 2 rings (SSSR count). The number of rotatable bonds is 19. The summed E-state index contributed by atoms with van der Waals surface area (Å²) in [6.07, 6.45) is 1.61. The molecule has 0 unspecified atom stereocenters. The highest BCUT2D eigenvalue weighted by atomic mass is 19.1. The lowest BCUT2D eigenvalue weighted by Gasteiger charge is -2.27. The molecule has 0 spiro atoms. The molecule has 5 amide bonds. The number of nitrogens with two attached hydrogens (primary N) is 2. The second-order valence-electron chi connectivity index (χ2n) is 12.8. The SMILES string of the molecule is CCC[C@H](NC(=O)[C@H](Cc1ccc(F)cc1)NC(=O)[C@H](Cc1ccccc1)NC(=O)[C@@H](N)CC(C)C)C(=O)N[C@@H](CC(C)C)C(N)=O. The van der Waals surface area contributed by atoms with Gasteiger partial charge in [0.15, 0.2) is 0 Å². The van der Waals surface area contributed by atoms with Gasteiger partial charge in [-0.05, 0) is 54.4 Å². The fourth-order valence-corrected chi connectivity index (χ4v) is 5.11. The van der Waals surface area contributed by atoms with E-state index in [9.17, 15) is 28.4 Å². The van der Waals surface area contributed by atoms with Crippen LogP contribution in [0.3, 0.4) is 0 Å². The maximum atomic E-state index is 13.8. The quantitative estimate of drug-likeness (QED) is 0.135. The van der Waals surface area contributed by atoms with E-state index in [0.29, 0.717) is 24.8 Å². The molecular formula is C35H51FN6O5. The summed E-state index contributed by atoms with van der Waals surface area (Å²) in [5.74, 6) is -3.31. The van der Waals surface area contributed by atoms with E-state index in [-0.39, 0.29) is 31.1 Å². The first kappa shape index (κ1) is 38.9. The molecule has 0 saturated carbocycles.